The number of anilines is 1. The third kappa shape index (κ3) is 2.97. The molecular weight excluding hydrogens is 349 g/mol. The second-order valence-electron chi connectivity index (χ2n) is 7.18. The highest BCUT2D eigenvalue weighted by atomic mass is 19.1. The summed E-state index contributed by atoms with van der Waals surface area (Å²) in [7, 11) is 2.99. The minimum Gasteiger partial charge on any atom is -0.423 e. The fourth-order valence-electron chi connectivity index (χ4n) is 3.87. The third-order valence-corrected chi connectivity index (χ3v) is 5.34. The Morgan fingerprint density at radius 2 is 1.85 bits per heavy atom. The van der Waals surface area contributed by atoms with Gasteiger partial charge in [0, 0.05) is 20.1 Å². The number of nitrogens with one attached hydrogen (secondary N) is 1. The number of benzene rings is 1. The molecule has 1 saturated carbocycles. The van der Waals surface area contributed by atoms with Gasteiger partial charge in [0.25, 0.3) is 5.56 Å². The van der Waals surface area contributed by atoms with Crippen molar-refractivity contribution >= 4 is 17.0 Å². The largest absolute Gasteiger partial charge is 0.423 e. The Morgan fingerprint density at radius 1 is 1.11 bits per heavy atom. The first-order chi connectivity index (χ1) is 13.0. The Labute approximate surface area is 155 Å². The van der Waals surface area contributed by atoms with E-state index in [1.165, 1.54) is 30.2 Å². The number of furan rings is 1. The molecule has 0 bridgehead atoms. The SMILES string of the molecule is Cn1c(=O)c2c(-c3cccc(F)c3)c(NC3CCCCC3)oc2n(C)c1=O. The molecule has 3 aromatic rings. The number of aromatic nitrogens is 2. The summed E-state index contributed by atoms with van der Waals surface area (Å²) < 4.78 is 22.2. The molecule has 0 spiro atoms. The zero-order valence-electron chi connectivity index (χ0n) is 15.4. The summed E-state index contributed by atoms with van der Waals surface area (Å²) in [5, 5.41) is 3.68. The number of fused-ring (bicyclic) bond motifs is 1. The van der Waals surface area contributed by atoms with Gasteiger partial charge < -0.3 is 9.73 Å². The number of aryl methyl sites for hydroxylation is 1. The van der Waals surface area contributed by atoms with Crippen molar-refractivity contribution in [3.8, 4) is 11.1 Å². The summed E-state index contributed by atoms with van der Waals surface area (Å²) in [6.45, 7) is 0. The van der Waals surface area contributed by atoms with Gasteiger partial charge in [0.05, 0.1) is 5.56 Å². The molecule has 27 heavy (non-hydrogen) atoms. The summed E-state index contributed by atoms with van der Waals surface area (Å²) in [6.07, 6.45) is 5.50. The van der Waals surface area contributed by atoms with Gasteiger partial charge in [-0.25, -0.2) is 9.18 Å². The average Bonchev–Trinajstić information content (AvgIpc) is 3.05. The van der Waals surface area contributed by atoms with Crippen LogP contribution in [0.1, 0.15) is 32.1 Å². The maximum atomic E-state index is 13.9. The predicted octanol–water partition coefficient (Wildman–Crippen LogP) is 3.38. The number of rotatable bonds is 3. The van der Waals surface area contributed by atoms with Gasteiger partial charge >= 0.3 is 5.69 Å². The molecule has 142 valence electrons. The summed E-state index contributed by atoms with van der Waals surface area (Å²) in [5.41, 5.74) is 0.332. The van der Waals surface area contributed by atoms with Crippen LogP contribution in [0.4, 0.5) is 10.3 Å². The van der Waals surface area contributed by atoms with Crippen LogP contribution in [0, 0.1) is 5.82 Å². The lowest BCUT2D eigenvalue weighted by Crippen LogP contribution is -2.36. The molecule has 1 aromatic carbocycles. The van der Waals surface area contributed by atoms with Crippen molar-refractivity contribution in [1.29, 1.82) is 0 Å². The lowest BCUT2D eigenvalue weighted by Gasteiger charge is -2.23. The van der Waals surface area contributed by atoms with Crippen molar-refractivity contribution in [3.05, 3.63) is 50.9 Å². The van der Waals surface area contributed by atoms with Crippen LogP contribution in [-0.4, -0.2) is 15.2 Å². The molecule has 2 aromatic heterocycles. The first kappa shape index (κ1) is 17.6. The quantitative estimate of drug-likeness (QED) is 0.766. The normalized spacial score (nSPS) is 15.4. The van der Waals surface area contributed by atoms with Crippen molar-refractivity contribution in [3.63, 3.8) is 0 Å². The molecule has 7 heteroatoms. The molecule has 0 aliphatic heterocycles. The van der Waals surface area contributed by atoms with Gasteiger partial charge in [-0.3, -0.25) is 13.9 Å². The molecule has 0 amide bonds. The zero-order chi connectivity index (χ0) is 19.1. The Bertz CT molecular complexity index is 1120. The van der Waals surface area contributed by atoms with Crippen molar-refractivity contribution in [1.82, 2.24) is 9.13 Å². The molecule has 4 rings (SSSR count). The molecule has 1 aliphatic carbocycles. The molecule has 1 fully saturated rings. The topological polar surface area (TPSA) is 69.2 Å². The molecule has 1 aliphatic rings. The van der Waals surface area contributed by atoms with E-state index in [0.29, 0.717) is 17.0 Å². The minimum atomic E-state index is -0.462. The summed E-state index contributed by atoms with van der Waals surface area (Å²) in [4.78, 5) is 25.1. The number of nitrogens with zero attached hydrogens (tertiary/aromatic N) is 2. The predicted molar refractivity (Wildman–Crippen MR) is 103 cm³/mol. The first-order valence-corrected chi connectivity index (χ1v) is 9.22. The highest BCUT2D eigenvalue weighted by Crippen LogP contribution is 2.38. The van der Waals surface area contributed by atoms with Crippen molar-refractivity contribution in [2.75, 3.05) is 5.32 Å². The molecule has 0 unspecified atom stereocenters. The fourth-order valence-corrected chi connectivity index (χ4v) is 3.87. The van der Waals surface area contributed by atoms with Crippen LogP contribution in [0.15, 0.2) is 38.3 Å². The van der Waals surface area contributed by atoms with Crippen LogP contribution in [0.2, 0.25) is 0 Å². The molecule has 1 N–H and O–H groups in total. The fraction of sp³-hybridized carbons (Fsp3) is 0.400. The van der Waals surface area contributed by atoms with E-state index in [2.05, 4.69) is 5.32 Å². The van der Waals surface area contributed by atoms with Crippen LogP contribution >= 0.6 is 0 Å². The second-order valence-corrected chi connectivity index (χ2v) is 7.18. The molecule has 2 heterocycles. The number of hydrogen-bond acceptors (Lipinski definition) is 4. The van der Waals surface area contributed by atoms with E-state index < -0.39 is 17.1 Å². The second kappa shape index (κ2) is 6.72. The van der Waals surface area contributed by atoms with Gasteiger partial charge in [-0.1, -0.05) is 31.4 Å². The van der Waals surface area contributed by atoms with Crippen molar-refractivity contribution in [2.24, 2.45) is 14.1 Å². The van der Waals surface area contributed by atoms with E-state index in [1.807, 2.05) is 0 Å². The summed E-state index contributed by atoms with van der Waals surface area (Å²) in [5.74, 6) is 0.0212. The van der Waals surface area contributed by atoms with E-state index in [-0.39, 0.29) is 17.1 Å². The van der Waals surface area contributed by atoms with Gasteiger partial charge in [0.15, 0.2) is 0 Å². The molecule has 6 nitrogen and oxygen atoms in total. The first-order valence-electron chi connectivity index (χ1n) is 9.22. The highest BCUT2D eigenvalue weighted by molar-refractivity contribution is 5.98. The van der Waals surface area contributed by atoms with Crippen LogP contribution in [0.3, 0.4) is 0 Å². The van der Waals surface area contributed by atoms with E-state index >= 15 is 0 Å². The van der Waals surface area contributed by atoms with Crippen molar-refractivity contribution < 1.29 is 8.81 Å². The average molecular weight is 371 g/mol. The Morgan fingerprint density at radius 3 is 2.56 bits per heavy atom. The minimum absolute atomic E-state index is 0.195. The molecular formula is C20H22FN3O3. The zero-order valence-corrected chi connectivity index (χ0v) is 15.4. The lowest BCUT2D eigenvalue weighted by molar-refractivity contribution is 0.452. The Balaban J connectivity index is 2.00. The molecule has 0 radical (unpaired) electrons. The van der Waals surface area contributed by atoms with Gasteiger partial charge in [-0.2, -0.15) is 0 Å². The van der Waals surface area contributed by atoms with E-state index in [0.717, 1.165) is 30.3 Å². The van der Waals surface area contributed by atoms with Crippen LogP contribution in [0.25, 0.3) is 22.2 Å². The van der Waals surface area contributed by atoms with Crippen LogP contribution < -0.4 is 16.6 Å². The third-order valence-electron chi connectivity index (χ3n) is 5.34. The van der Waals surface area contributed by atoms with Gasteiger partial charge in [-0.05, 0) is 30.5 Å². The van der Waals surface area contributed by atoms with Gasteiger partial charge in [0.2, 0.25) is 11.6 Å². The highest BCUT2D eigenvalue weighted by Gasteiger charge is 2.25. The number of halogens is 1. The number of hydrogen-bond donors (Lipinski definition) is 1. The lowest BCUT2D eigenvalue weighted by atomic mass is 9.95. The Kier molecular flexibility index (Phi) is 4.37. The molecule has 0 saturated heterocycles. The standard InChI is InChI=1S/C20H22FN3O3/c1-23-18(25)16-15(12-7-6-8-13(21)11-12)17(22-14-9-4-3-5-10-14)27-19(16)24(2)20(23)26/h6-8,11,14,22H,3-5,9-10H2,1-2H3. The van der Waals surface area contributed by atoms with E-state index in [1.54, 1.807) is 19.2 Å². The monoisotopic (exact) mass is 371 g/mol. The van der Waals surface area contributed by atoms with Crippen LogP contribution in [-0.2, 0) is 14.1 Å². The molecule has 0 atom stereocenters. The maximum Gasteiger partial charge on any atom is 0.333 e. The summed E-state index contributed by atoms with van der Waals surface area (Å²) in [6, 6.07) is 6.30. The Hall–Kier alpha value is -2.83. The van der Waals surface area contributed by atoms with Crippen molar-refractivity contribution in [2.45, 2.75) is 38.1 Å². The smallest absolute Gasteiger partial charge is 0.333 e. The van der Waals surface area contributed by atoms with E-state index in [4.69, 9.17) is 4.42 Å². The summed E-state index contributed by atoms with van der Waals surface area (Å²) >= 11 is 0. The maximum absolute atomic E-state index is 13.9. The van der Waals surface area contributed by atoms with Gasteiger partial charge in [-0.15, -0.1) is 0 Å². The van der Waals surface area contributed by atoms with E-state index in [9.17, 15) is 14.0 Å². The van der Waals surface area contributed by atoms with Crippen LogP contribution in [0.5, 0.6) is 0 Å². The van der Waals surface area contributed by atoms with Gasteiger partial charge in [0.1, 0.15) is 11.2 Å².